The summed E-state index contributed by atoms with van der Waals surface area (Å²) in [6.07, 6.45) is -0.340. The number of hydrazine groups is 2. The molecule has 0 fully saturated rings. The summed E-state index contributed by atoms with van der Waals surface area (Å²) in [5.74, 6) is 14.0. The number of nitrogens with zero attached hydrogens (tertiary/aromatic N) is 2. The van der Waals surface area contributed by atoms with Crippen molar-refractivity contribution in [3.8, 4) is 0 Å². The first-order valence-electron chi connectivity index (χ1n) is 12.7. The van der Waals surface area contributed by atoms with Crippen molar-refractivity contribution in [2.75, 3.05) is 0 Å². The molecule has 6 N–H and O–H groups in total. The molecule has 0 aliphatic carbocycles. The van der Waals surface area contributed by atoms with Crippen molar-refractivity contribution in [2.45, 2.75) is 40.0 Å². The number of rotatable bonds is 6. The third kappa shape index (κ3) is 4.23. The van der Waals surface area contributed by atoms with Gasteiger partial charge in [-0.3, -0.25) is 10.0 Å². The molecule has 3 aromatic carbocycles. The molecule has 2 unspecified atom stereocenters. The van der Waals surface area contributed by atoms with E-state index >= 15 is 0 Å². The van der Waals surface area contributed by atoms with E-state index in [2.05, 4.69) is 111 Å². The Kier molecular flexibility index (Phi) is 6.48. The van der Waals surface area contributed by atoms with Crippen LogP contribution in [0.1, 0.15) is 62.3 Å². The number of benzene rings is 3. The van der Waals surface area contributed by atoms with Gasteiger partial charge in [0.1, 0.15) is 12.3 Å². The van der Waals surface area contributed by atoms with Gasteiger partial charge < -0.3 is 10.6 Å². The second kappa shape index (κ2) is 9.72. The van der Waals surface area contributed by atoms with Gasteiger partial charge in [-0.15, -0.1) is 0 Å². The molecule has 2 aliphatic rings. The van der Waals surface area contributed by atoms with Crippen LogP contribution >= 0.6 is 0 Å². The first kappa shape index (κ1) is 24.0. The van der Waals surface area contributed by atoms with Crippen molar-refractivity contribution < 1.29 is 0 Å². The molecule has 2 heterocycles. The molecule has 0 saturated heterocycles. The number of hydrogen-bond acceptors (Lipinski definition) is 6. The molecule has 2 atom stereocenters. The van der Waals surface area contributed by atoms with Gasteiger partial charge in [-0.2, -0.15) is 0 Å². The molecule has 0 aromatic heterocycles. The van der Waals surface area contributed by atoms with E-state index in [-0.39, 0.29) is 24.2 Å². The van der Waals surface area contributed by atoms with E-state index in [0.717, 1.165) is 45.0 Å². The van der Waals surface area contributed by atoms with Crippen LogP contribution in [0, 0.1) is 11.8 Å². The van der Waals surface area contributed by atoms with Crippen LogP contribution in [0.15, 0.2) is 96.3 Å². The molecule has 0 radical (unpaired) electrons. The molecule has 0 spiro atoms. The van der Waals surface area contributed by atoms with E-state index in [0.29, 0.717) is 0 Å². The molecule has 186 valence electrons. The molecule has 6 nitrogen and oxygen atoms in total. The SMILES string of the molecule is CC(C)C1=C(c2ccccc2)NC(c2cccc(C3NC(c4ccccc4)=C(C(C)C)N3N)c2)N1N. The van der Waals surface area contributed by atoms with Crippen molar-refractivity contribution in [3.63, 3.8) is 0 Å². The fourth-order valence-corrected chi connectivity index (χ4v) is 5.33. The van der Waals surface area contributed by atoms with Crippen LogP contribution in [0.3, 0.4) is 0 Å². The predicted molar refractivity (Wildman–Crippen MR) is 147 cm³/mol. The van der Waals surface area contributed by atoms with Crippen LogP contribution in [0.4, 0.5) is 0 Å². The molecule has 6 heteroatoms. The Balaban J connectivity index is 1.46. The molecule has 5 rings (SSSR count). The summed E-state index contributed by atoms with van der Waals surface area (Å²) in [6.45, 7) is 8.71. The van der Waals surface area contributed by atoms with E-state index in [4.69, 9.17) is 11.7 Å². The standard InChI is InChI=1S/C30H36N6/c1-19(2)27-25(21-12-7-5-8-13-21)33-29(35(27)31)23-16-11-17-24(18-23)30-34-26(22-14-9-6-10-15-22)28(20(3)4)36(30)32/h5-20,29-30,33-34H,31-32H2,1-4H3. The second-order valence-corrected chi connectivity index (χ2v) is 10.1. The molecule has 36 heavy (non-hydrogen) atoms. The summed E-state index contributed by atoms with van der Waals surface area (Å²) < 4.78 is 0. The molecule has 0 amide bonds. The summed E-state index contributed by atoms with van der Waals surface area (Å²) in [6, 6.07) is 29.3. The van der Waals surface area contributed by atoms with Crippen molar-refractivity contribution in [2.24, 2.45) is 23.5 Å². The van der Waals surface area contributed by atoms with Gasteiger partial charge >= 0.3 is 0 Å². The maximum Gasteiger partial charge on any atom is 0.140 e. The van der Waals surface area contributed by atoms with Gasteiger partial charge in [-0.05, 0) is 40.2 Å². The number of hydrogen-bond donors (Lipinski definition) is 4. The van der Waals surface area contributed by atoms with Gasteiger partial charge in [0.15, 0.2) is 0 Å². The average Bonchev–Trinajstić information content (AvgIpc) is 3.42. The monoisotopic (exact) mass is 480 g/mol. The zero-order chi connectivity index (χ0) is 25.4. The summed E-state index contributed by atoms with van der Waals surface area (Å²) in [4.78, 5) is 0. The number of nitrogens with two attached hydrogens (primary N) is 2. The maximum absolute atomic E-state index is 6.73. The Morgan fingerprint density at radius 1 is 0.583 bits per heavy atom. The minimum Gasteiger partial charge on any atom is -0.358 e. The topological polar surface area (TPSA) is 82.6 Å². The van der Waals surface area contributed by atoms with E-state index in [9.17, 15) is 0 Å². The van der Waals surface area contributed by atoms with Gasteiger partial charge in [-0.25, -0.2) is 11.7 Å². The molecular formula is C30H36N6. The Morgan fingerprint density at radius 2 is 0.972 bits per heavy atom. The Labute approximate surface area is 214 Å². The normalized spacial score (nSPS) is 20.0. The molecule has 0 saturated carbocycles. The number of nitrogens with one attached hydrogen (secondary N) is 2. The Hall–Kier alpha value is -3.74. The Bertz CT molecular complexity index is 1180. The zero-order valence-electron chi connectivity index (χ0n) is 21.4. The van der Waals surface area contributed by atoms with Crippen molar-refractivity contribution >= 4 is 11.4 Å². The van der Waals surface area contributed by atoms with Crippen LogP contribution in [0.25, 0.3) is 11.4 Å². The van der Waals surface area contributed by atoms with Gasteiger partial charge in [0.2, 0.25) is 0 Å². The highest BCUT2D eigenvalue weighted by molar-refractivity contribution is 5.71. The lowest BCUT2D eigenvalue weighted by atomic mass is 10.0. The highest BCUT2D eigenvalue weighted by atomic mass is 15.5. The quantitative estimate of drug-likeness (QED) is 0.359. The molecule has 0 bridgehead atoms. The van der Waals surface area contributed by atoms with Gasteiger partial charge in [0.05, 0.1) is 22.8 Å². The summed E-state index contributed by atoms with van der Waals surface area (Å²) in [7, 11) is 0. The minimum absolute atomic E-state index is 0.170. The third-order valence-electron chi connectivity index (χ3n) is 6.95. The average molecular weight is 481 g/mol. The van der Waals surface area contributed by atoms with Crippen molar-refractivity contribution in [3.05, 3.63) is 119 Å². The minimum atomic E-state index is -0.170. The fraction of sp³-hybridized carbons (Fsp3) is 0.267. The highest BCUT2D eigenvalue weighted by Crippen LogP contribution is 2.39. The lowest BCUT2D eigenvalue weighted by molar-refractivity contribution is 0.245. The van der Waals surface area contributed by atoms with Crippen LogP contribution in [-0.2, 0) is 0 Å². The largest absolute Gasteiger partial charge is 0.358 e. The summed E-state index contributed by atoms with van der Waals surface area (Å²) in [5, 5.41) is 11.2. The molecule has 3 aromatic rings. The fourth-order valence-electron chi connectivity index (χ4n) is 5.33. The van der Waals surface area contributed by atoms with Crippen molar-refractivity contribution in [1.29, 1.82) is 0 Å². The Morgan fingerprint density at radius 3 is 1.33 bits per heavy atom. The lowest BCUT2D eigenvalue weighted by Gasteiger charge is -2.28. The summed E-state index contributed by atoms with van der Waals surface area (Å²) >= 11 is 0. The van der Waals surface area contributed by atoms with E-state index in [1.165, 1.54) is 0 Å². The van der Waals surface area contributed by atoms with E-state index < -0.39 is 0 Å². The second-order valence-electron chi connectivity index (χ2n) is 10.1. The summed E-state index contributed by atoms with van der Waals surface area (Å²) in [5.41, 5.74) is 8.83. The van der Waals surface area contributed by atoms with E-state index in [1.54, 1.807) is 0 Å². The molecule has 2 aliphatic heterocycles. The molecular weight excluding hydrogens is 444 g/mol. The van der Waals surface area contributed by atoms with Crippen molar-refractivity contribution in [1.82, 2.24) is 20.7 Å². The van der Waals surface area contributed by atoms with Gasteiger partial charge in [-0.1, -0.05) is 107 Å². The van der Waals surface area contributed by atoms with Crippen LogP contribution in [0.2, 0.25) is 0 Å². The number of allylic oxidation sites excluding steroid dienone is 2. The van der Waals surface area contributed by atoms with Crippen LogP contribution in [0.5, 0.6) is 0 Å². The third-order valence-corrected chi connectivity index (χ3v) is 6.95. The van der Waals surface area contributed by atoms with E-state index in [1.807, 2.05) is 22.2 Å². The predicted octanol–water partition coefficient (Wildman–Crippen LogP) is 5.29. The highest BCUT2D eigenvalue weighted by Gasteiger charge is 2.35. The smallest absolute Gasteiger partial charge is 0.140 e. The first-order chi connectivity index (χ1) is 17.4. The van der Waals surface area contributed by atoms with Crippen LogP contribution < -0.4 is 22.3 Å². The zero-order valence-corrected chi connectivity index (χ0v) is 21.4. The maximum atomic E-state index is 6.73. The van der Waals surface area contributed by atoms with Gasteiger partial charge in [0.25, 0.3) is 0 Å². The van der Waals surface area contributed by atoms with Crippen LogP contribution in [-0.4, -0.2) is 10.0 Å². The van der Waals surface area contributed by atoms with Gasteiger partial charge in [0, 0.05) is 0 Å². The lowest BCUT2D eigenvalue weighted by Crippen LogP contribution is -2.37. The first-order valence-corrected chi connectivity index (χ1v) is 12.7.